The number of hydrogen-bond donors (Lipinski definition) is 6. The van der Waals surface area contributed by atoms with Crippen LogP contribution in [0.4, 0.5) is 0 Å². The van der Waals surface area contributed by atoms with Crippen LogP contribution in [0.2, 0.25) is 0 Å². The van der Waals surface area contributed by atoms with Gasteiger partial charge in [-0.1, -0.05) is 0 Å². The lowest BCUT2D eigenvalue weighted by Crippen LogP contribution is -2.67. The van der Waals surface area contributed by atoms with E-state index in [-0.39, 0.29) is 12.1 Å². The van der Waals surface area contributed by atoms with Crippen LogP contribution >= 0.6 is 0 Å². The second kappa shape index (κ2) is 11.2. The van der Waals surface area contributed by atoms with E-state index >= 15 is 0 Å². The van der Waals surface area contributed by atoms with Gasteiger partial charge in [0.25, 0.3) is 5.56 Å². The van der Waals surface area contributed by atoms with E-state index in [0.29, 0.717) is 0 Å². The molecule has 6 N–H and O–H groups in total. The first-order chi connectivity index (χ1) is 16.8. The summed E-state index contributed by atoms with van der Waals surface area (Å²) < 4.78 is 23.1. The van der Waals surface area contributed by atoms with Gasteiger partial charge in [0.05, 0.1) is 18.7 Å². The van der Waals surface area contributed by atoms with Crippen LogP contribution < -0.4 is 16.6 Å². The van der Waals surface area contributed by atoms with Crippen molar-refractivity contribution in [2.75, 3.05) is 7.11 Å². The molecule has 1 amide bonds. The SMILES string of the molecule is CO[C@@H]1C(C(=O)O)O[C@@H](O[C@@H]2C(NC(C)=O)[C@H](C)OC(Cn3cc(C)c(=O)[nH]c3=O)[C@H]2O)C(O)[C@H]1O. The van der Waals surface area contributed by atoms with E-state index in [4.69, 9.17) is 18.9 Å². The Morgan fingerprint density at radius 1 is 1.14 bits per heavy atom. The molecule has 2 aliphatic rings. The van der Waals surface area contributed by atoms with Gasteiger partial charge in [0, 0.05) is 25.8 Å². The van der Waals surface area contributed by atoms with Gasteiger partial charge < -0.3 is 44.7 Å². The second-order valence-corrected chi connectivity index (χ2v) is 8.87. The van der Waals surface area contributed by atoms with Gasteiger partial charge in [0.2, 0.25) is 5.91 Å². The standard InChI is InChI=1S/C21H31N3O12/c1-7-5-24(21(32)23-18(7)29)6-10-12(26)15(11(8(2)34-10)22-9(3)25)35-20-14(28)13(27)16(33-4)17(36-20)19(30)31/h5,8,10-17,20,26-28H,6H2,1-4H3,(H,22,25)(H,30,31)(H,23,29,32)/t8-,10?,11?,12+,13+,14?,15+,16-,17?,20+/m0/s1. The number of rotatable bonds is 7. The van der Waals surface area contributed by atoms with Crippen LogP contribution in [-0.2, 0) is 35.1 Å². The quantitative estimate of drug-likeness (QED) is 0.207. The molecule has 2 fully saturated rings. The van der Waals surface area contributed by atoms with Crippen molar-refractivity contribution in [3.63, 3.8) is 0 Å². The fourth-order valence-corrected chi connectivity index (χ4v) is 4.40. The average Bonchev–Trinajstić information content (AvgIpc) is 2.79. The number of hydrogen-bond acceptors (Lipinski definition) is 11. The Balaban J connectivity index is 1.90. The third-order valence-corrected chi connectivity index (χ3v) is 6.25. The minimum absolute atomic E-state index is 0.213. The van der Waals surface area contributed by atoms with Crippen molar-refractivity contribution >= 4 is 11.9 Å². The summed E-state index contributed by atoms with van der Waals surface area (Å²) in [4.78, 5) is 49.5. The molecule has 4 unspecified atom stereocenters. The number of aromatic amines is 1. The number of H-pyrrole nitrogens is 1. The van der Waals surface area contributed by atoms with Crippen LogP contribution in [0.25, 0.3) is 0 Å². The second-order valence-electron chi connectivity index (χ2n) is 8.87. The maximum Gasteiger partial charge on any atom is 0.335 e. The first-order valence-electron chi connectivity index (χ1n) is 11.2. The minimum atomic E-state index is -1.77. The van der Waals surface area contributed by atoms with Crippen LogP contribution in [0.15, 0.2) is 15.8 Å². The normalized spacial score (nSPS) is 36.9. The number of carboxylic acids is 1. The predicted molar refractivity (Wildman–Crippen MR) is 118 cm³/mol. The van der Waals surface area contributed by atoms with E-state index in [1.54, 1.807) is 6.92 Å². The molecule has 36 heavy (non-hydrogen) atoms. The van der Waals surface area contributed by atoms with E-state index < -0.39 is 84.3 Å². The molecule has 0 saturated carbocycles. The van der Waals surface area contributed by atoms with Crippen LogP contribution in [0.1, 0.15) is 19.4 Å². The number of amides is 1. The zero-order chi connectivity index (χ0) is 26.9. The highest BCUT2D eigenvalue weighted by molar-refractivity contribution is 5.73. The van der Waals surface area contributed by atoms with Gasteiger partial charge in [-0.05, 0) is 13.8 Å². The number of carbonyl (C=O) groups excluding carboxylic acids is 1. The minimum Gasteiger partial charge on any atom is -0.479 e. The molecule has 1 aromatic heterocycles. The zero-order valence-corrected chi connectivity index (χ0v) is 20.1. The summed E-state index contributed by atoms with van der Waals surface area (Å²) in [5.74, 6) is -1.97. The van der Waals surface area contributed by atoms with E-state index in [9.17, 15) is 39.6 Å². The number of aliphatic hydroxyl groups excluding tert-OH is 3. The predicted octanol–water partition coefficient (Wildman–Crippen LogP) is -3.57. The highest BCUT2D eigenvalue weighted by atomic mass is 16.7. The van der Waals surface area contributed by atoms with Crippen molar-refractivity contribution in [3.8, 4) is 0 Å². The maximum atomic E-state index is 12.2. The fourth-order valence-electron chi connectivity index (χ4n) is 4.40. The van der Waals surface area contributed by atoms with Crippen LogP contribution in [0.5, 0.6) is 0 Å². The Kier molecular flexibility index (Phi) is 8.66. The summed E-state index contributed by atoms with van der Waals surface area (Å²) in [6.07, 6.45) is -11.8. The highest BCUT2D eigenvalue weighted by Gasteiger charge is 2.52. The number of aromatic nitrogens is 2. The lowest BCUT2D eigenvalue weighted by molar-refractivity contribution is -0.327. The third kappa shape index (κ3) is 5.67. The van der Waals surface area contributed by atoms with Gasteiger partial charge in [0.1, 0.15) is 36.6 Å². The molecule has 2 aliphatic heterocycles. The number of aliphatic carboxylic acids is 1. The molecule has 15 heteroatoms. The summed E-state index contributed by atoms with van der Waals surface area (Å²) in [5, 5.41) is 44.1. The Bertz CT molecular complexity index is 1070. The first kappa shape index (κ1) is 27.9. The van der Waals surface area contributed by atoms with Gasteiger partial charge in [-0.15, -0.1) is 0 Å². The van der Waals surface area contributed by atoms with Crippen LogP contribution in [0.3, 0.4) is 0 Å². The Labute approximate surface area is 204 Å². The largest absolute Gasteiger partial charge is 0.479 e. The number of methoxy groups -OCH3 is 1. The fraction of sp³-hybridized carbons (Fsp3) is 0.714. The molecule has 0 bridgehead atoms. The molecule has 0 aromatic carbocycles. The summed E-state index contributed by atoms with van der Waals surface area (Å²) in [6, 6.07) is -0.987. The Hall–Kier alpha value is -2.66. The van der Waals surface area contributed by atoms with E-state index in [2.05, 4.69) is 10.3 Å². The number of aryl methyl sites for hydroxylation is 1. The lowest BCUT2D eigenvalue weighted by Gasteiger charge is -2.47. The molecule has 1 aromatic rings. The molecule has 0 spiro atoms. The molecular formula is C21H31N3O12. The van der Waals surface area contributed by atoms with Gasteiger partial charge >= 0.3 is 11.7 Å². The molecule has 0 radical (unpaired) electrons. The highest BCUT2D eigenvalue weighted by Crippen LogP contribution is 2.30. The van der Waals surface area contributed by atoms with E-state index in [0.717, 1.165) is 11.7 Å². The van der Waals surface area contributed by atoms with Crippen molar-refractivity contribution in [1.29, 1.82) is 0 Å². The molecule has 15 nitrogen and oxygen atoms in total. The van der Waals surface area contributed by atoms with Gasteiger partial charge in [-0.2, -0.15) is 0 Å². The molecular weight excluding hydrogens is 486 g/mol. The smallest absolute Gasteiger partial charge is 0.335 e. The van der Waals surface area contributed by atoms with Crippen LogP contribution in [0, 0.1) is 6.92 Å². The van der Waals surface area contributed by atoms with Crippen molar-refractivity contribution in [2.24, 2.45) is 0 Å². The number of nitrogens with one attached hydrogen (secondary N) is 2. The third-order valence-electron chi connectivity index (χ3n) is 6.25. The maximum absolute atomic E-state index is 12.2. The molecule has 0 aliphatic carbocycles. The first-order valence-corrected chi connectivity index (χ1v) is 11.2. The van der Waals surface area contributed by atoms with E-state index in [1.165, 1.54) is 20.0 Å². The van der Waals surface area contributed by atoms with Gasteiger partial charge in [-0.3, -0.25) is 19.1 Å². The Morgan fingerprint density at radius 3 is 2.39 bits per heavy atom. The molecule has 2 saturated heterocycles. The number of nitrogens with zero attached hydrogens (tertiary/aromatic N) is 1. The van der Waals surface area contributed by atoms with Crippen molar-refractivity contribution in [1.82, 2.24) is 14.9 Å². The van der Waals surface area contributed by atoms with Gasteiger partial charge in [-0.25, -0.2) is 9.59 Å². The summed E-state index contributed by atoms with van der Waals surface area (Å²) in [5.41, 5.74) is -1.05. The molecule has 3 rings (SSSR count). The number of carboxylic acid groups (broad SMARTS) is 1. The van der Waals surface area contributed by atoms with Crippen molar-refractivity contribution < 1.29 is 49.0 Å². The summed E-state index contributed by atoms with van der Waals surface area (Å²) in [7, 11) is 1.14. The molecule has 10 atom stereocenters. The number of aliphatic hydroxyl groups is 3. The average molecular weight is 517 g/mol. The topological polar surface area (TPSA) is 219 Å². The lowest BCUT2D eigenvalue weighted by atomic mass is 9.92. The molecule has 3 heterocycles. The van der Waals surface area contributed by atoms with Crippen molar-refractivity contribution in [2.45, 2.75) is 88.5 Å². The summed E-state index contributed by atoms with van der Waals surface area (Å²) in [6.45, 7) is 4.08. The monoisotopic (exact) mass is 517 g/mol. The molecule has 202 valence electrons. The van der Waals surface area contributed by atoms with E-state index in [1.807, 2.05) is 0 Å². The summed E-state index contributed by atoms with van der Waals surface area (Å²) >= 11 is 0. The number of ether oxygens (including phenoxy) is 4. The zero-order valence-electron chi connectivity index (χ0n) is 20.1. The Morgan fingerprint density at radius 2 is 1.81 bits per heavy atom. The van der Waals surface area contributed by atoms with Crippen LogP contribution in [-0.4, -0.2) is 110 Å². The van der Waals surface area contributed by atoms with Gasteiger partial charge in [0.15, 0.2) is 12.4 Å². The van der Waals surface area contributed by atoms with Crippen molar-refractivity contribution in [3.05, 3.63) is 32.6 Å². The number of carbonyl (C=O) groups is 2.